The molecule has 0 spiro atoms. The number of nitrogens with two attached hydrogens (primary N) is 1. The van der Waals surface area contributed by atoms with E-state index in [9.17, 15) is 0 Å². The van der Waals surface area contributed by atoms with Gasteiger partial charge in [0, 0.05) is 11.1 Å². The van der Waals surface area contributed by atoms with Gasteiger partial charge in [0.25, 0.3) is 0 Å². The van der Waals surface area contributed by atoms with Crippen molar-refractivity contribution in [2.75, 3.05) is 5.32 Å². The van der Waals surface area contributed by atoms with Gasteiger partial charge in [-0.05, 0) is 43.9 Å². The Morgan fingerprint density at radius 3 is 2.65 bits per heavy atom. The second-order valence-corrected chi connectivity index (χ2v) is 5.52. The average Bonchev–Trinajstić information content (AvgIpc) is 2.25. The molecule has 0 radical (unpaired) electrons. The van der Waals surface area contributed by atoms with E-state index in [4.69, 9.17) is 29.6 Å². The molecular formula is C13H17ClN2S. The molecule has 1 fully saturated rings. The molecule has 2 rings (SSSR count). The highest BCUT2D eigenvalue weighted by atomic mass is 35.5. The number of anilines is 1. The van der Waals surface area contributed by atoms with Crippen LogP contribution in [0.3, 0.4) is 0 Å². The third kappa shape index (κ3) is 2.55. The first-order valence-electron chi connectivity index (χ1n) is 5.94. The van der Waals surface area contributed by atoms with Crippen LogP contribution in [0.4, 0.5) is 5.69 Å². The fourth-order valence-electron chi connectivity index (χ4n) is 2.23. The van der Waals surface area contributed by atoms with Crippen LogP contribution in [-0.2, 0) is 0 Å². The predicted molar refractivity (Wildman–Crippen MR) is 77.8 cm³/mol. The lowest BCUT2D eigenvalue weighted by Crippen LogP contribution is -2.44. The van der Waals surface area contributed by atoms with Crippen LogP contribution in [0.25, 0.3) is 0 Å². The molecule has 0 saturated heterocycles. The van der Waals surface area contributed by atoms with Gasteiger partial charge in [0.15, 0.2) is 0 Å². The van der Waals surface area contributed by atoms with E-state index in [0.29, 0.717) is 10.0 Å². The Balaban J connectivity index is 2.19. The van der Waals surface area contributed by atoms with Gasteiger partial charge in [-0.2, -0.15) is 0 Å². The Labute approximate surface area is 113 Å². The lowest BCUT2D eigenvalue weighted by Gasteiger charge is -2.43. The van der Waals surface area contributed by atoms with Crippen molar-refractivity contribution in [3.8, 4) is 0 Å². The first-order valence-corrected chi connectivity index (χ1v) is 6.72. The largest absolute Gasteiger partial charge is 0.389 e. The van der Waals surface area contributed by atoms with Gasteiger partial charge in [-0.3, -0.25) is 0 Å². The second kappa shape index (κ2) is 4.83. The van der Waals surface area contributed by atoms with Gasteiger partial charge in [0.1, 0.15) is 4.99 Å². The van der Waals surface area contributed by atoms with E-state index in [-0.39, 0.29) is 5.54 Å². The molecule has 0 aromatic heterocycles. The topological polar surface area (TPSA) is 38.0 Å². The summed E-state index contributed by atoms with van der Waals surface area (Å²) in [5.41, 5.74) is 7.61. The van der Waals surface area contributed by atoms with Crippen LogP contribution in [-0.4, -0.2) is 10.5 Å². The highest BCUT2D eigenvalue weighted by Crippen LogP contribution is 2.39. The molecule has 0 atom stereocenters. The third-order valence-electron chi connectivity index (χ3n) is 3.64. The fraction of sp³-hybridized carbons (Fsp3) is 0.462. The van der Waals surface area contributed by atoms with Gasteiger partial charge in [0.05, 0.1) is 10.7 Å². The number of hydrogen-bond donors (Lipinski definition) is 2. The number of hydrogen-bond acceptors (Lipinski definition) is 2. The summed E-state index contributed by atoms with van der Waals surface area (Å²) in [5.74, 6) is 0. The van der Waals surface area contributed by atoms with Gasteiger partial charge >= 0.3 is 0 Å². The summed E-state index contributed by atoms with van der Waals surface area (Å²) in [6.45, 7) is 2.21. The summed E-state index contributed by atoms with van der Waals surface area (Å²) >= 11 is 11.2. The van der Waals surface area contributed by atoms with Gasteiger partial charge in [-0.15, -0.1) is 0 Å². The van der Waals surface area contributed by atoms with Gasteiger partial charge < -0.3 is 11.1 Å². The summed E-state index contributed by atoms with van der Waals surface area (Å²) in [7, 11) is 0. The average molecular weight is 269 g/mol. The second-order valence-electron chi connectivity index (χ2n) is 4.67. The van der Waals surface area contributed by atoms with Crippen molar-refractivity contribution in [3.63, 3.8) is 0 Å². The summed E-state index contributed by atoms with van der Waals surface area (Å²) < 4.78 is 0. The van der Waals surface area contributed by atoms with Crippen molar-refractivity contribution in [2.24, 2.45) is 5.73 Å². The molecule has 0 aliphatic heterocycles. The molecule has 92 valence electrons. The van der Waals surface area contributed by atoms with Crippen LogP contribution in [0.15, 0.2) is 18.2 Å². The molecule has 0 unspecified atom stereocenters. The molecule has 4 heteroatoms. The summed E-state index contributed by atoms with van der Waals surface area (Å²) in [6, 6.07) is 5.71. The fourth-order valence-corrected chi connectivity index (χ4v) is 2.58. The first kappa shape index (κ1) is 12.7. The molecular weight excluding hydrogens is 252 g/mol. The van der Waals surface area contributed by atoms with E-state index >= 15 is 0 Å². The quantitative estimate of drug-likeness (QED) is 0.818. The lowest BCUT2D eigenvalue weighted by molar-refractivity contribution is 0.269. The van der Waals surface area contributed by atoms with Crippen LogP contribution in [0.2, 0.25) is 5.02 Å². The molecule has 1 aromatic carbocycles. The highest BCUT2D eigenvalue weighted by molar-refractivity contribution is 7.80. The Morgan fingerprint density at radius 2 is 2.24 bits per heavy atom. The zero-order valence-electron chi connectivity index (χ0n) is 9.92. The molecule has 0 bridgehead atoms. The zero-order chi connectivity index (χ0) is 12.5. The van der Waals surface area contributed by atoms with E-state index in [1.807, 2.05) is 18.2 Å². The van der Waals surface area contributed by atoms with Crippen molar-refractivity contribution < 1.29 is 0 Å². The maximum Gasteiger partial charge on any atom is 0.104 e. The van der Waals surface area contributed by atoms with Gasteiger partial charge in [-0.25, -0.2) is 0 Å². The first-order chi connectivity index (χ1) is 8.06. The summed E-state index contributed by atoms with van der Waals surface area (Å²) in [6.07, 6.45) is 4.86. The number of thiocarbonyl (C=S) groups is 1. The minimum atomic E-state index is 0.244. The minimum Gasteiger partial charge on any atom is -0.389 e. The molecule has 17 heavy (non-hydrogen) atoms. The van der Waals surface area contributed by atoms with Crippen LogP contribution in [0.1, 0.15) is 38.2 Å². The smallest absolute Gasteiger partial charge is 0.104 e. The SMILES string of the molecule is CCC1(Nc2ccc(C(N)=S)cc2Cl)CCC1. The summed E-state index contributed by atoms with van der Waals surface area (Å²) in [5, 5.41) is 4.25. The van der Waals surface area contributed by atoms with Crippen molar-refractivity contribution in [1.82, 2.24) is 0 Å². The normalized spacial score (nSPS) is 17.3. The number of nitrogens with one attached hydrogen (secondary N) is 1. The number of halogens is 1. The van der Waals surface area contributed by atoms with Crippen molar-refractivity contribution in [3.05, 3.63) is 28.8 Å². The molecule has 1 aliphatic carbocycles. The van der Waals surface area contributed by atoms with Crippen LogP contribution in [0, 0.1) is 0 Å². The Bertz CT molecular complexity index is 436. The summed E-state index contributed by atoms with van der Waals surface area (Å²) in [4.78, 5) is 0.382. The Hall–Kier alpha value is -0.800. The molecule has 1 aromatic rings. The zero-order valence-corrected chi connectivity index (χ0v) is 11.5. The van der Waals surface area contributed by atoms with E-state index < -0.39 is 0 Å². The Kier molecular flexibility index (Phi) is 3.59. The van der Waals surface area contributed by atoms with E-state index in [1.165, 1.54) is 19.3 Å². The van der Waals surface area contributed by atoms with Crippen LogP contribution < -0.4 is 11.1 Å². The monoisotopic (exact) mass is 268 g/mol. The van der Waals surface area contributed by atoms with Crippen LogP contribution >= 0.6 is 23.8 Å². The maximum absolute atomic E-state index is 6.24. The predicted octanol–water partition coefficient (Wildman–Crippen LogP) is 3.72. The van der Waals surface area contributed by atoms with Crippen molar-refractivity contribution in [1.29, 1.82) is 0 Å². The van der Waals surface area contributed by atoms with Crippen molar-refractivity contribution >= 4 is 34.5 Å². The van der Waals surface area contributed by atoms with Gasteiger partial charge in [-0.1, -0.05) is 30.7 Å². The minimum absolute atomic E-state index is 0.244. The van der Waals surface area contributed by atoms with E-state index in [0.717, 1.165) is 17.7 Å². The van der Waals surface area contributed by atoms with Crippen LogP contribution in [0.5, 0.6) is 0 Å². The number of benzene rings is 1. The van der Waals surface area contributed by atoms with Crippen molar-refractivity contribution in [2.45, 2.75) is 38.1 Å². The highest BCUT2D eigenvalue weighted by Gasteiger charge is 2.35. The van der Waals surface area contributed by atoms with E-state index in [1.54, 1.807) is 0 Å². The number of rotatable bonds is 4. The standard InChI is InChI=1S/C13H17ClN2S/c1-2-13(6-3-7-13)16-11-5-4-9(12(15)17)8-10(11)14/h4-5,8,16H,2-3,6-7H2,1H3,(H2,15,17). The van der Waals surface area contributed by atoms with Gasteiger partial charge in [0.2, 0.25) is 0 Å². The maximum atomic E-state index is 6.24. The lowest BCUT2D eigenvalue weighted by atomic mass is 9.74. The molecule has 0 heterocycles. The van der Waals surface area contributed by atoms with E-state index in [2.05, 4.69) is 12.2 Å². The molecule has 0 amide bonds. The Morgan fingerprint density at radius 1 is 1.53 bits per heavy atom. The third-order valence-corrected chi connectivity index (χ3v) is 4.19. The molecule has 1 saturated carbocycles. The molecule has 2 nitrogen and oxygen atoms in total. The molecule has 1 aliphatic rings. The molecule has 3 N–H and O–H groups in total.